The molecule has 116 valence electrons. The number of piperazine rings is 1. The topological polar surface area (TPSA) is 69.7 Å². The number of anilines is 1. The van der Waals surface area contributed by atoms with E-state index in [0.29, 0.717) is 18.1 Å². The van der Waals surface area contributed by atoms with Gasteiger partial charge in [0.05, 0.1) is 17.5 Å². The lowest BCUT2D eigenvalue weighted by atomic mass is 10.1. The fourth-order valence-corrected chi connectivity index (χ4v) is 2.91. The van der Waals surface area contributed by atoms with Gasteiger partial charge in [0.1, 0.15) is 0 Å². The summed E-state index contributed by atoms with van der Waals surface area (Å²) in [6.07, 6.45) is 1.05. The van der Waals surface area contributed by atoms with Gasteiger partial charge in [0, 0.05) is 31.2 Å². The van der Waals surface area contributed by atoms with Crippen LogP contribution < -0.4 is 4.72 Å². The molecule has 1 aromatic rings. The Labute approximate surface area is 129 Å². The number of likely N-dealkylation sites (N-methyl/N-ethyl adjacent to an activating group) is 1. The number of amides is 1. The Morgan fingerprint density at radius 1 is 1.24 bits per heavy atom. The van der Waals surface area contributed by atoms with Gasteiger partial charge in [-0.25, -0.2) is 8.42 Å². The van der Waals surface area contributed by atoms with Crippen molar-refractivity contribution in [2.75, 3.05) is 44.2 Å². The third-order valence-electron chi connectivity index (χ3n) is 3.30. The first-order valence-electron chi connectivity index (χ1n) is 6.51. The number of hydrogen-bond donors (Lipinski definition) is 1. The zero-order chi connectivity index (χ0) is 15.6. The fourth-order valence-electron chi connectivity index (χ4n) is 2.16. The van der Waals surface area contributed by atoms with Gasteiger partial charge in [-0.05, 0) is 25.2 Å². The number of rotatable bonds is 3. The second-order valence-corrected chi connectivity index (χ2v) is 7.34. The molecule has 0 atom stereocenters. The van der Waals surface area contributed by atoms with Crippen molar-refractivity contribution >= 4 is 33.2 Å². The average Bonchev–Trinajstić information content (AvgIpc) is 2.39. The highest BCUT2D eigenvalue weighted by molar-refractivity contribution is 7.92. The number of nitrogens with zero attached hydrogens (tertiary/aromatic N) is 2. The van der Waals surface area contributed by atoms with Crippen molar-refractivity contribution in [1.29, 1.82) is 0 Å². The Kier molecular flexibility index (Phi) is 4.75. The van der Waals surface area contributed by atoms with Crippen molar-refractivity contribution in [3.8, 4) is 0 Å². The van der Waals surface area contributed by atoms with Gasteiger partial charge in [-0.15, -0.1) is 0 Å². The average molecular weight is 332 g/mol. The number of hydrogen-bond acceptors (Lipinski definition) is 4. The molecule has 8 heteroatoms. The highest BCUT2D eigenvalue weighted by Crippen LogP contribution is 2.23. The summed E-state index contributed by atoms with van der Waals surface area (Å²) in [6.45, 7) is 2.81. The lowest BCUT2D eigenvalue weighted by Gasteiger charge is -2.32. The Hall–Kier alpha value is -1.31. The van der Waals surface area contributed by atoms with Gasteiger partial charge >= 0.3 is 0 Å². The van der Waals surface area contributed by atoms with E-state index in [1.54, 1.807) is 11.0 Å². The Morgan fingerprint density at radius 3 is 2.43 bits per heavy atom. The number of nitrogens with one attached hydrogen (secondary N) is 1. The molecule has 0 aliphatic carbocycles. The molecule has 0 bridgehead atoms. The molecule has 1 amide bonds. The Bertz CT molecular complexity index is 640. The predicted molar refractivity (Wildman–Crippen MR) is 83.3 cm³/mol. The molecule has 21 heavy (non-hydrogen) atoms. The van der Waals surface area contributed by atoms with Crippen LogP contribution in [0.1, 0.15) is 10.4 Å². The Morgan fingerprint density at radius 2 is 1.86 bits per heavy atom. The number of halogens is 1. The van der Waals surface area contributed by atoms with Crippen LogP contribution in [-0.2, 0) is 10.0 Å². The van der Waals surface area contributed by atoms with Gasteiger partial charge < -0.3 is 9.80 Å². The first kappa shape index (κ1) is 16.1. The van der Waals surface area contributed by atoms with E-state index in [1.807, 2.05) is 7.05 Å². The smallest absolute Gasteiger partial charge is 0.256 e. The first-order chi connectivity index (χ1) is 9.76. The summed E-state index contributed by atoms with van der Waals surface area (Å²) in [5.41, 5.74) is 0.531. The summed E-state index contributed by atoms with van der Waals surface area (Å²) in [7, 11) is -1.46. The molecule has 0 radical (unpaired) electrons. The standard InChI is InChI=1S/C13H18ClN3O3S/c1-16-5-7-17(8-6-16)13(18)11-9-10(14)3-4-12(11)15-21(2,19)20/h3-4,9,15H,5-8H2,1-2H3. The summed E-state index contributed by atoms with van der Waals surface area (Å²) < 4.78 is 25.2. The highest BCUT2D eigenvalue weighted by Gasteiger charge is 2.23. The van der Waals surface area contributed by atoms with Gasteiger partial charge in [-0.2, -0.15) is 0 Å². The second kappa shape index (κ2) is 6.21. The molecule has 1 heterocycles. The third-order valence-corrected chi connectivity index (χ3v) is 4.12. The molecule has 0 saturated carbocycles. The Balaban J connectivity index is 2.29. The van der Waals surface area contributed by atoms with Crippen LogP contribution in [0.15, 0.2) is 18.2 Å². The minimum absolute atomic E-state index is 0.211. The van der Waals surface area contributed by atoms with Crippen molar-refractivity contribution in [1.82, 2.24) is 9.80 Å². The lowest BCUT2D eigenvalue weighted by molar-refractivity contribution is 0.0665. The zero-order valence-electron chi connectivity index (χ0n) is 12.0. The molecular formula is C13H18ClN3O3S. The van der Waals surface area contributed by atoms with E-state index in [2.05, 4.69) is 9.62 Å². The van der Waals surface area contributed by atoms with E-state index >= 15 is 0 Å². The summed E-state index contributed by atoms with van der Waals surface area (Å²) in [4.78, 5) is 16.4. The van der Waals surface area contributed by atoms with Crippen LogP contribution >= 0.6 is 11.6 Å². The van der Waals surface area contributed by atoms with Crippen LogP contribution in [0.3, 0.4) is 0 Å². The molecule has 2 rings (SSSR count). The van der Waals surface area contributed by atoms with Gasteiger partial charge in [0.2, 0.25) is 10.0 Å². The van der Waals surface area contributed by atoms with E-state index in [9.17, 15) is 13.2 Å². The lowest BCUT2D eigenvalue weighted by Crippen LogP contribution is -2.47. The SMILES string of the molecule is CN1CCN(C(=O)c2cc(Cl)ccc2NS(C)(=O)=O)CC1. The van der Waals surface area contributed by atoms with Crippen molar-refractivity contribution in [3.63, 3.8) is 0 Å². The monoisotopic (exact) mass is 331 g/mol. The molecule has 1 fully saturated rings. The molecule has 1 aromatic carbocycles. The van der Waals surface area contributed by atoms with Crippen molar-refractivity contribution in [2.24, 2.45) is 0 Å². The largest absolute Gasteiger partial charge is 0.336 e. The van der Waals surface area contributed by atoms with Gasteiger partial charge in [0.15, 0.2) is 0 Å². The number of sulfonamides is 1. The van der Waals surface area contributed by atoms with Crippen LogP contribution in [0.5, 0.6) is 0 Å². The van der Waals surface area contributed by atoms with E-state index in [4.69, 9.17) is 11.6 Å². The molecule has 0 unspecified atom stereocenters. The number of carbonyl (C=O) groups is 1. The van der Waals surface area contributed by atoms with Gasteiger partial charge in [-0.1, -0.05) is 11.6 Å². The predicted octanol–water partition coefficient (Wildman–Crippen LogP) is 1.10. The van der Waals surface area contributed by atoms with Crippen LogP contribution in [0.25, 0.3) is 0 Å². The normalized spacial score (nSPS) is 16.8. The second-order valence-electron chi connectivity index (χ2n) is 5.16. The molecular weight excluding hydrogens is 314 g/mol. The molecule has 6 nitrogen and oxygen atoms in total. The quantitative estimate of drug-likeness (QED) is 0.900. The van der Waals surface area contributed by atoms with Crippen LogP contribution in [0, 0.1) is 0 Å². The van der Waals surface area contributed by atoms with E-state index in [1.165, 1.54) is 12.1 Å². The summed E-state index contributed by atoms with van der Waals surface area (Å²) >= 11 is 5.94. The maximum absolute atomic E-state index is 12.6. The van der Waals surface area contributed by atoms with E-state index in [0.717, 1.165) is 19.3 Å². The summed E-state index contributed by atoms with van der Waals surface area (Å²) in [6, 6.07) is 4.55. The van der Waals surface area contributed by atoms with Crippen LogP contribution in [-0.4, -0.2) is 63.6 Å². The number of benzene rings is 1. The van der Waals surface area contributed by atoms with Crippen LogP contribution in [0.4, 0.5) is 5.69 Å². The molecule has 1 aliphatic heterocycles. The third kappa shape index (κ3) is 4.33. The minimum Gasteiger partial charge on any atom is -0.336 e. The summed E-state index contributed by atoms with van der Waals surface area (Å²) in [5.74, 6) is -0.211. The fraction of sp³-hybridized carbons (Fsp3) is 0.462. The first-order valence-corrected chi connectivity index (χ1v) is 8.78. The van der Waals surface area contributed by atoms with Crippen molar-refractivity contribution < 1.29 is 13.2 Å². The van der Waals surface area contributed by atoms with E-state index < -0.39 is 10.0 Å². The number of carbonyl (C=O) groups excluding carboxylic acids is 1. The maximum atomic E-state index is 12.6. The summed E-state index contributed by atoms with van der Waals surface area (Å²) in [5, 5.41) is 0.395. The van der Waals surface area contributed by atoms with Gasteiger partial charge in [0.25, 0.3) is 5.91 Å². The van der Waals surface area contributed by atoms with Gasteiger partial charge in [-0.3, -0.25) is 9.52 Å². The minimum atomic E-state index is -3.46. The van der Waals surface area contributed by atoms with Crippen LogP contribution in [0.2, 0.25) is 5.02 Å². The molecule has 1 aliphatic rings. The van der Waals surface area contributed by atoms with Crippen molar-refractivity contribution in [2.45, 2.75) is 0 Å². The van der Waals surface area contributed by atoms with Crippen molar-refractivity contribution in [3.05, 3.63) is 28.8 Å². The maximum Gasteiger partial charge on any atom is 0.256 e. The molecule has 1 N–H and O–H groups in total. The molecule has 1 saturated heterocycles. The highest BCUT2D eigenvalue weighted by atomic mass is 35.5. The zero-order valence-corrected chi connectivity index (χ0v) is 13.5. The van der Waals surface area contributed by atoms with E-state index in [-0.39, 0.29) is 17.2 Å². The molecule has 0 aromatic heterocycles. The molecule has 0 spiro atoms.